The van der Waals surface area contributed by atoms with Gasteiger partial charge in [0.1, 0.15) is 0 Å². The summed E-state index contributed by atoms with van der Waals surface area (Å²) >= 11 is 0. The van der Waals surface area contributed by atoms with Gasteiger partial charge in [-0.3, -0.25) is 0 Å². The molecule has 1 aliphatic heterocycles. The number of nitrogens with one attached hydrogen (secondary N) is 1. The first-order valence-corrected chi connectivity index (χ1v) is 8.21. The average molecular weight is 285 g/mol. The van der Waals surface area contributed by atoms with Gasteiger partial charge < -0.3 is 15.2 Å². The minimum Gasteiger partial charge on any atom is -0.504 e. The molecule has 1 unspecified atom stereocenters. The molecular weight excluding hydrogens is 266 g/mol. The van der Waals surface area contributed by atoms with Crippen LogP contribution in [0.2, 0.25) is 0 Å². The second-order valence-electron chi connectivity index (χ2n) is 4.68. The van der Waals surface area contributed by atoms with Gasteiger partial charge in [0.25, 0.3) is 0 Å². The Bertz CT molecular complexity index is 542. The summed E-state index contributed by atoms with van der Waals surface area (Å²) in [5, 5.41) is 13.2. The van der Waals surface area contributed by atoms with E-state index in [0.29, 0.717) is 25.3 Å². The van der Waals surface area contributed by atoms with Gasteiger partial charge in [0.05, 0.1) is 18.1 Å². The van der Waals surface area contributed by atoms with Crippen LogP contribution >= 0.6 is 0 Å². The van der Waals surface area contributed by atoms with Crippen LogP contribution in [0.1, 0.15) is 18.9 Å². The highest BCUT2D eigenvalue weighted by molar-refractivity contribution is 7.91. The summed E-state index contributed by atoms with van der Waals surface area (Å²) in [5.74, 6) is 1.01. The average Bonchev–Trinajstić information content (AvgIpc) is 2.70. The molecule has 6 heteroatoms. The van der Waals surface area contributed by atoms with Crippen molar-refractivity contribution in [1.29, 1.82) is 0 Å². The molecule has 1 atom stereocenters. The first-order valence-electron chi connectivity index (χ1n) is 6.39. The topological polar surface area (TPSA) is 75.6 Å². The molecule has 0 aromatic heterocycles. The standard InChI is InChI=1S/C13H19NO4S/c1-2-18-12-5-3-4-10(13(12)15)8-14-11-6-7-19(16,17)9-11/h3-5,11,14-15H,2,6-9H2,1H3. The highest BCUT2D eigenvalue weighted by Gasteiger charge is 2.27. The smallest absolute Gasteiger partial charge is 0.162 e. The van der Waals surface area contributed by atoms with E-state index in [9.17, 15) is 13.5 Å². The Kier molecular flexibility index (Phi) is 4.31. The van der Waals surface area contributed by atoms with Gasteiger partial charge >= 0.3 is 0 Å². The van der Waals surface area contributed by atoms with Crippen molar-refractivity contribution in [3.05, 3.63) is 23.8 Å². The third-order valence-corrected chi connectivity index (χ3v) is 4.96. The zero-order valence-electron chi connectivity index (χ0n) is 10.9. The predicted molar refractivity (Wildman–Crippen MR) is 73.2 cm³/mol. The molecule has 0 aliphatic carbocycles. The van der Waals surface area contributed by atoms with Crippen LogP contribution < -0.4 is 10.1 Å². The van der Waals surface area contributed by atoms with E-state index in [1.807, 2.05) is 13.0 Å². The Morgan fingerprint density at radius 1 is 1.47 bits per heavy atom. The summed E-state index contributed by atoms with van der Waals surface area (Å²) in [5.41, 5.74) is 0.718. The number of phenolic OH excluding ortho intramolecular Hbond substituents is 1. The van der Waals surface area contributed by atoms with Crippen molar-refractivity contribution in [1.82, 2.24) is 5.32 Å². The van der Waals surface area contributed by atoms with Crippen LogP contribution in [0.5, 0.6) is 11.5 Å². The van der Waals surface area contributed by atoms with Gasteiger partial charge in [0, 0.05) is 18.2 Å². The number of phenols is 1. The Labute approximate surface area is 113 Å². The Morgan fingerprint density at radius 2 is 2.26 bits per heavy atom. The van der Waals surface area contributed by atoms with E-state index in [4.69, 9.17) is 4.74 Å². The van der Waals surface area contributed by atoms with E-state index in [1.165, 1.54) is 0 Å². The van der Waals surface area contributed by atoms with E-state index in [-0.39, 0.29) is 23.3 Å². The molecule has 1 saturated heterocycles. The first-order chi connectivity index (χ1) is 9.02. The number of aromatic hydroxyl groups is 1. The molecule has 1 aromatic carbocycles. The summed E-state index contributed by atoms with van der Waals surface area (Å²) in [6.45, 7) is 2.78. The molecule has 1 fully saturated rings. The number of para-hydroxylation sites is 1. The van der Waals surface area contributed by atoms with E-state index >= 15 is 0 Å². The molecule has 19 heavy (non-hydrogen) atoms. The molecule has 0 spiro atoms. The molecule has 2 N–H and O–H groups in total. The Morgan fingerprint density at radius 3 is 2.89 bits per heavy atom. The lowest BCUT2D eigenvalue weighted by molar-refractivity contribution is 0.316. The van der Waals surface area contributed by atoms with E-state index in [2.05, 4.69) is 5.32 Å². The molecule has 0 amide bonds. The highest BCUT2D eigenvalue weighted by Crippen LogP contribution is 2.29. The van der Waals surface area contributed by atoms with Crippen molar-refractivity contribution in [3.63, 3.8) is 0 Å². The molecule has 2 rings (SSSR count). The van der Waals surface area contributed by atoms with E-state index in [1.54, 1.807) is 12.1 Å². The third-order valence-electron chi connectivity index (χ3n) is 3.20. The zero-order valence-corrected chi connectivity index (χ0v) is 11.7. The largest absolute Gasteiger partial charge is 0.504 e. The van der Waals surface area contributed by atoms with Gasteiger partial charge in [-0.05, 0) is 19.4 Å². The summed E-state index contributed by atoms with van der Waals surface area (Å²) in [6, 6.07) is 5.30. The number of sulfone groups is 1. The van der Waals surface area contributed by atoms with Crippen LogP contribution in [0, 0.1) is 0 Å². The van der Waals surface area contributed by atoms with Crippen LogP contribution in [0.25, 0.3) is 0 Å². The van der Waals surface area contributed by atoms with Crippen LogP contribution in [0.15, 0.2) is 18.2 Å². The molecule has 0 bridgehead atoms. The number of rotatable bonds is 5. The van der Waals surface area contributed by atoms with E-state index in [0.717, 1.165) is 5.56 Å². The molecule has 1 aliphatic rings. The molecule has 0 radical (unpaired) electrons. The second-order valence-corrected chi connectivity index (χ2v) is 6.91. The van der Waals surface area contributed by atoms with Gasteiger partial charge in [-0.25, -0.2) is 8.42 Å². The summed E-state index contributed by atoms with van der Waals surface area (Å²) in [7, 11) is -2.88. The maximum Gasteiger partial charge on any atom is 0.162 e. The quantitative estimate of drug-likeness (QED) is 0.846. The Balaban J connectivity index is 1.98. The van der Waals surface area contributed by atoms with Crippen LogP contribution in [-0.4, -0.2) is 37.7 Å². The van der Waals surface area contributed by atoms with Gasteiger partial charge in [0.15, 0.2) is 21.3 Å². The summed E-state index contributed by atoms with van der Waals surface area (Å²) in [6.07, 6.45) is 0.633. The number of ether oxygens (including phenoxy) is 1. The minimum absolute atomic E-state index is 0.0276. The maximum atomic E-state index is 11.3. The van der Waals surface area contributed by atoms with E-state index < -0.39 is 9.84 Å². The number of hydrogen-bond acceptors (Lipinski definition) is 5. The lowest BCUT2D eigenvalue weighted by Gasteiger charge is -2.13. The molecule has 1 heterocycles. The van der Waals surface area contributed by atoms with Crippen LogP contribution in [-0.2, 0) is 16.4 Å². The van der Waals surface area contributed by atoms with Gasteiger partial charge in [-0.2, -0.15) is 0 Å². The minimum atomic E-state index is -2.88. The fourth-order valence-corrected chi connectivity index (χ4v) is 3.90. The lowest BCUT2D eigenvalue weighted by Crippen LogP contribution is -2.29. The number of hydrogen-bond donors (Lipinski definition) is 2. The zero-order chi connectivity index (χ0) is 13.9. The van der Waals surface area contributed by atoms with Crippen molar-refractivity contribution in [2.24, 2.45) is 0 Å². The Hall–Kier alpha value is -1.27. The highest BCUT2D eigenvalue weighted by atomic mass is 32.2. The fourth-order valence-electron chi connectivity index (χ4n) is 2.19. The van der Waals surface area contributed by atoms with Crippen molar-refractivity contribution < 1.29 is 18.3 Å². The SMILES string of the molecule is CCOc1cccc(CNC2CCS(=O)(=O)C2)c1O. The maximum absolute atomic E-state index is 11.3. The van der Waals surface area contributed by atoms with Crippen LogP contribution in [0.3, 0.4) is 0 Å². The molecular formula is C13H19NO4S. The summed E-state index contributed by atoms with van der Waals surface area (Å²) < 4.78 is 28.0. The predicted octanol–water partition coefficient (Wildman–Crippen LogP) is 1.07. The lowest BCUT2D eigenvalue weighted by atomic mass is 10.1. The van der Waals surface area contributed by atoms with Crippen molar-refractivity contribution >= 4 is 9.84 Å². The number of benzene rings is 1. The van der Waals surface area contributed by atoms with Gasteiger partial charge in [-0.1, -0.05) is 12.1 Å². The van der Waals surface area contributed by atoms with Crippen molar-refractivity contribution in [3.8, 4) is 11.5 Å². The molecule has 0 saturated carbocycles. The van der Waals surface area contributed by atoms with Crippen molar-refractivity contribution in [2.45, 2.75) is 25.9 Å². The van der Waals surface area contributed by atoms with Gasteiger partial charge in [0.2, 0.25) is 0 Å². The molecule has 5 nitrogen and oxygen atoms in total. The normalized spacial score (nSPS) is 21.4. The second kappa shape index (κ2) is 5.79. The molecule has 106 valence electrons. The fraction of sp³-hybridized carbons (Fsp3) is 0.538. The van der Waals surface area contributed by atoms with Gasteiger partial charge in [-0.15, -0.1) is 0 Å². The molecule has 1 aromatic rings. The first kappa shape index (κ1) is 14.1. The third kappa shape index (κ3) is 3.61. The monoisotopic (exact) mass is 285 g/mol. The summed E-state index contributed by atoms with van der Waals surface area (Å²) in [4.78, 5) is 0. The van der Waals surface area contributed by atoms with Crippen molar-refractivity contribution in [2.75, 3.05) is 18.1 Å². The van der Waals surface area contributed by atoms with Crippen LogP contribution in [0.4, 0.5) is 0 Å².